The fraction of sp³-hybridized carbons (Fsp3) is 0.259. The van der Waals surface area contributed by atoms with E-state index in [4.69, 9.17) is 16.3 Å². The van der Waals surface area contributed by atoms with Gasteiger partial charge in [-0.25, -0.2) is 23.3 Å². The number of tetrazole rings is 1. The number of nitrogens with one attached hydrogen (secondary N) is 1. The van der Waals surface area contributed by atoms with Crippen molar-refractivity contribution >= 4 is 22.6 Å². The molecule has 2 aromatic heterocycles. The van der Waals surface area contributed by atoms with Crippen molar-refractivity contribution in [1.29, 1.82) is 0 Å². The van der Waals surface area contributed by atoms with Crippen LogP contribution >= 0.6 is 11.6 Å². The van der Waals surface area contributed by atoms with Crippen LogP contribution in [0.5, 0.6) is 5.75 Å². The van der Waals surface area contributed by atoms with Gasteiger partial charge in [-0.15, -0.1) is 5.10 Å². The van der Waals surface area contributed by atoms with Gasteiger partial charge in [-0.2, -0.15) is 0 Å². The number of fused-ring (bicyclic) bond motifs is 1. The molecular formula is C27H22ClF3N6O. The lowest BCUT2D eigenvalue weighted by molar-refractivity contribution is 0.253. The Hall–Kier alpha value is -3.92. The molecule has 1 saturated carbocycles. The number of hydrogen-bond donors (Lipinski definition) is 1. The molecule has 194 valence electrons. The monoisotopic (exact) mass is 538 g/mol. The van der Waals surface area contributed by atoms with Crippen molar-refractivity contribution in [2.75, 3.05) is 6.61 Å². The van der Waals surface area contributed by atoms with Gasteiger partial charge in [0.05, 0.1) is 28.8 Å². The van der Waals surface area contributed by atoms with Gasteiger partial charge in [0, 0.05) is 23.7 Å². The van der Waals surface area contributed by atoms with Gasteiger partial charge in [0.15, 0.2) is 17.5 Å². The minimum absolute atomic E-state index is 0.132. The highest BCUT2D eigenvalue weighted by Crippen LogP contribution is 2.36. The minimum atomic E-state index is -1.00. The Bertz CT molecular complexity index is 1620. The van der Waals surface area contributed by atoms with Crippen molar-refractivity contribution in [1.82, 2.24) is 30.2 Å². The summed E-state index contributed by atoms with van der Waals surface area (Å²) in [4.78, 5) is 4.64. The van der Waals surface area contributed by atoms with Crippen LogP contribution in [0.25, 0.3) is 33.8 Å². The van der Waals surface area contributed by atoms with E-state index in [1.807, 2.05) is 0 Å². The average molecular weight is 539 g/mol. The Morgan fingerprint density at radius 1 is 0.947 bits per heavy atom. The van der Waals surface area contributed by atoms with Crippen molar-refractivity contribution in [3.63, 3.8) is 0 Å². The van der Waals surface area contributed by atoms with Gasteiger partial charge in [0.25, 0.3) is 0 Å². The molecule has 6 rings (SSSR count). The lowest BCUT2D eigenvalue weighted by Crippen LogP contribution is -2.10. The fourth-order valence-corrected chi connectivity index (χ4v) is 5.14. The van der Waals surface area contributed by atoms with Gasteiger partial charge in [0.1, 0.15) is 17.4 Å². The van der Waals surface area contributed by atoms with Crippen molar-refractivity contribution in [2.45, 2.75) is 32.2 Å². The summed E-state index contributed by atoms with van der Waals surface area (Å²) in [6, 6.07) is 12.0. The van der Waals surface area contributed by atoms with Crippen molar-refractivity contribution in [3.8, 4) is 28.5 Å². The maximum absolute atomic E-state index is 15.0. The molecule has 0 bridgehead atoms. The van der Waals surface area contributed by atoms with Gasteiger partial charge in [-0.05, 0) is 65.1 Å². The molecule has 11 heteroatoms. The zero-order chi connectivity index (χ0) is 26.2. The topological polar surface area (TPSA) is 81.5 Å². The highest BCUT2D eigenvalue weighted by molar-refractivity contribution is 6.30. The first-order valence-electron chi connectivity index (χ1n) is 12.3. The highest BCUT2D eigenvalue weighted by Gasteiger charge is 2.22. The molecule has 0 amide bonds. The number of H-pyrrole nitrogens is 1. The van der Waals surface area contributed by atoms with Crippen LogP contribution in [0.15, 0.2) is 48.5 Å². The minimum Gasteiger partial charge on any atom is -0.492 e. The van der Waals surface area contributed by atoms with Crippen molar-refractivity contribution in [3.05, 3.63) is 76.6 Å². The molecule has 5 aromatic rings. The molecule has 0 spiro atoms. The lowest BCUT2D eigenvalue weighted by Gasteiger charge is -2.16. The van der Waals surface area contributed by atoms with Gasteiger partial charge in [0.2, 0.25) is 0 Å². The van der Waals surface area contributed by atoms with E-state index >= 15 is 0 Å². The van der Waals surface area contributed by atoms with Crippen LogP contribution in [-0.2, 0) is 6.54 Å². The Labute approximate surface area is 220 Å². The third kappa shape index (κ3) is 4.71. The number of ether oxygens (including phenoxy) is 1. The molecule has 3 aromatic carbocycles. The molecule has 1 aliphatic rings. The molecule has 1 aliphatic carbocycles. The fourth-order valence-electron chi connectivity index (χ4n) is 4.98. The van der Waals surface area contributed by atoms with Crippen LogP contribution in [0.3, 0.4) is 0 Å². The normalized spacial score (nSPS) is 14.0. The van der Waals surface area contributed by atoms with Gasteiger partial charge in [-0.3, -0.25) is 0 Å². The maximum atomic E-state index is 15.0. The summed E-state index contributed by atoms with van der Waals surface area (Å²) in [6.45, 7) is 0.674. The Balaban J connectivity index is 1.43. The largest absolute Gasteiger partial charge is 0.492 e. The van der Waals surface area contributed by atoms with Gasteiger partial charge >= 0.3 is 0 Å². The number of halogens is 4. The summed E-state index contributed by atoms with van der Waals surface area (Å²) in [7, 11) is 0. The van der Waals surface area contributed by atoms with Gasteiger partial charge in [-0.1, -0.05) is 30.5 Å². The number of aromatic nitrogens is 6. The SMILES string of the molecule is Fc1cc2nc(-c3ccc(Cl)cc3OCC3CCCC3)n(Cc3ccc(-c4nnn[nH]4)c(F)c3)c2cc1F. The molecule has 0 saturated heterocycles. The van der Waals surface area contributed by atoms with Crippen LogP contribution < -0.4 is 4.74 Å². The zero-order valence-corrected chi connectivity index (χ0v) is 20.9. The van der Waals surface area contributed by atoms with E-state index in [0.717, 1.165) is 25.0 Å². The molecule has 0 unspecified atom stereocenters. The van der Waals surface area contributed by atoms with Crippen molar-refractivity contribution < 1.29 is 17.9 Å². The number of imidazole rings is 1. The first kappa shape index (κ1) is 24.4. The first-order chi connectivity index (χ1) is 18.5. The third-order valence-corrected chi connectivity index (χ3v) is 7.13. The smallest absolute Gasteiger partial charge is 0.182 e. The molecular weight excluding hydrogens is 517 g/mol. The van der Waals surface area contributed by atoms with E-state index < -0.39 is 17.5 Å². The van der Waals surface area contributed by atoms with Crippen LogP contribution in [0.1, 0.15) is 31.2 Å². The summed E-state index contributed by atoms with van der Waals surface area (Å²) < 4.78 is 51.4. The average Bonchev–Trinajstić information content (AvgIpc) is 3.67. The predicted octanol–water partition coefficient (Wildman–Crippen LogP) is 6.57. The van der Waals surface area contributed by atoms with E-state index in [9.17, 15) is 13.2 Å². The second kappa shape index (κ2) is 10.1. The molecule has 1 N–H and O–H groups in total. The molecule has 0 aliphatic heterocycles. The van der Waals surface area contributed by atoms with E-state index in [1.54, 1.807) is 34.9 Å². The van der Waals surface area contributed by atoms with Gasteiger partial charge < -0.3 is 9.30 Å². The standard InChI is InChI=1S/C27H22ClF3N6O/c28-17-6-8-19(25(10-17)38-14-15-3-1-2-4-15)27-32-23-11-21(30)22(31)12-24(23)37(27)13-16-5-7-18(20(29)9-16)26-33-35-36-34-26/h5-12,15H,1-4,13-14H2,(H,33,34,35,36). The van der Waals surface area contributed by atoms with E-state index in [2.05, 4.69) is 25.6 Å². The van der Waals surface area contributed by atoms with Crippen LogP contribution in [0.4, 0.5) is 13.2 Å². The Morgan fingerprint density at radius 2 is 1.74 bits per heavy atom. The van der Waals surface area contributed by atoms with E-state index in [0.29, 0.717) is 45.8 Å². The quantitative estimate of drug-likeness (QED) is 0.253. The molecule has 0 radical (unpaired) electrons. The molecule has 38 heavy (non-hydrogen) atoms. The van der Waals surface area contributed by atoms with E-state index in [1.165, 1.54) is 18.9 Å². The van der Waals surface area contributed by atoms with Crippen LogP contribution in [-0.4, -0.2) is 36.8 Å². The number of rotatable bonds is 7. The first-order valence-corrected chi connectivity index (χ1v) is 12.6. The highest BCUT2D eigenvalue weighted by atomic mass is 35.5. The summed E-state index contributed by atoms with van der Waals surface area (Å²) in [6.07, 6.45) is 4.59. The van der Waals surface area contributed by atoms with Crippen LogP contribution in [0.2, 0.25) is 5.02 Å². The second-order valence-corrected chi connectivity index (χ2v) is 9.88. The molecule has 2 heterocycles. The van der Waals surface area contributed by atoms with Crippen LogP contribution in [0, 0.1) is 23.4 Å². The van der Waals surface area contributed by atoms with E-state index in [-0.39, 0.29) is 23.4 Å². The second-order valence-electron chi connectivity index (χ2n) is 9.44. The summed E-state index contributed by atoms with van der Waals surface area (Å²) in [5, 5.41) is 13.8. The third-order valence-electron chi connectivity index (χ3n) is 6.90. The number of benzene rings is 3. The summed E-state index contributed by atoms with van der Waals surface area (Å²) in [5.74, 6) is -0.919. The maximum Gasteiger partial charge on any atom is 0.182 e. The lowest BCUT2D eigenvalue weighted by atomic mass is 10.1. The van der Waals surface area contributed by atoms with Crippen molar-refractivity contribution in [2.24, 2.45) is 5.92 Å². The number of hydrogen-bond acceptors (Lipinski definition) is 5. The Kier molecular flexibility index (Phi) is 6.49. The zero-order valence-electron chi connectivity index (χ0n) is 20.1. The number of nitrogens with zero attached hydrogens (tertiary/aromatic N) is 5. The molecule has 1 fully saturated rings. The molecule has 7 nitrogen and oxygen atoms in total. The predicted molar refractivity (Wildman–Crippen MR) is 136 cm³/mol. The summed E-state index contributed by atoms with van der Waals surface area (Å²) >= 11 is 6.30. The Morgan fingerprint density at radius 3 is 2.50 bits per heavy atom. The molecule has 0 atom stereocenters. The number of aromatic amines is 1. The summed E-state index contributed by atoms with van der Waals surface area (Å²) in [5.41, 5.74) is 2.03.